The molecule has 29 heavy (non-hydrogen) atoms. The molecule has 3 aliphatic rings. The average Bonchev–Trinajstić information content (AvgIpc) is 3.46. The zero-order valence-electron chi connectivity index (χ0n) is 16.0. The second-order valence-corrected chi connectivity index (χ2v) is 9.07. The molecule has 2 aromatic rings. The number of rotatable bonds is 5. The number of anilines is 1. The van der Waals surface area contributed by atoms with Gasteiger partial charge in [-0.3, -0.25) is 19.3 Å². The van der Waals surface area contributed by atoms with Crippen LogP contribution in [0.3, 0.4) is 0 Å². The van der Waals surface area contributed by atoms with E-state index < -0.39 is 6.04 Å². The fourth-order valence-corrected chi connectivity index (χ4v) is 5.49. The van der Waals surface area contributed by atoms with Crippen molar-refractivity contribution in [2.75, 3.05) is 5.32 Å². The summed E-state index contributed by atoms with van der Waals surface area (Å²) in [6.07, 6.45) is 4.88. The van der Waals surface area contributed by atoms with Crippen molar-refractivity contribution in [3.8, 4) is 0 Å². The number of aromatic nitrogens is 2. The summed E-state index contributed by atoms with van der Waals surface area (Å²) in [5.74, 6) is -0.0498. The first-order chi connectivity index (χ1) is 13.9. The van der Waals surface area contributed by atoms with Gasteiger partial charge in [0.15, 0.2) is 0 Å². The Hall–Kier alpha value is -2.81. The van der Waals surface area contributed by atoms with Crippen molar-refractivity contribution in [2.24, 2.45) is 23.7 Å². The molecule has 8 nitrogen and oxygen atoms in total. The molecule has 3 heterocycles. The van der Waals surface area contributed by atoms with Crippen LogP contribution in [0.15, 0.2) is 28.7 Å². The summed E-state index contributed by atoms with van der Waals surface area (Å²) < 4.78 is 5.73. The lowest BCUT2D eigenvalue weighted by Gasteiger charge is -2.26. The lowest BCUT2D eigenvalue weighted by Crippen LogP contribution is -2.38. The monoisotopic (exact) mass is 412 g/mol. The molecule has 1 saturated heterocycles. The van der Waals surface area contributed by atoms with E-state index in [9.17, 15) is 14.4 Å². The molecule has 2 aliphatic carbocycles. The highest BCUT2D eigenvalue weighted by molar-refractivity contribution is 7.15. The van der Waals surface area contributed by atoms with Crippen LogP contribution in [0.4, 0.5) is 5.13 Å². The van der Waals surface area contributed by atoms with Gasteiger partial charge in [0.25, 0.3) is 0 Å². The standard InChI is InChI=1S/C20H20N4O4S/c1-9-3-6-14(28-9)13(8-15(25)21-20-23-22-10(2)29-20)24-18(26)16-11-4-5-12(7-11)17(16)19(24)27/h3-6,11-13,16-17H,7-8H2,1-2H3,(H,21,23,25). The van der Waals surface area contributed by atoms with Gasteiger partial charge in [0, 0.05) is 0 Å². The summed E-state index contributed by atoms with van der Waals surface area (Å²) in [7, 11) is 0. The number of hydrogen-bond acceptors (Lipinski definition) is 7. The van der Waals surface area contributed by atoms with Crippen LogP contribution in [0, 0.1) is 37.5 Å². The van der Waals surface area contributed by atoms with E-state index in [1.807, 2.05) is 0 Å². The minimum absolute atomic E-state index is 0.0920. The van der Waals surface area contributed by atoms with Crippen LogP contribution in [-0.4, -0.2) is 32.8 Å². The highest BCUT2D eigenvalue weighted by Gasteiger charge is 2.60. The van der Waals surface area contributed by atoms with Gasteiger partial charge < -0.3 is 9.73 Å². The molecular formula is C20H20N4O4S. The quantitative estimate of drug-likeness (QED) is 0.598. The highest BCUT2D eigenvalue weighted by atomic mass is 32.1. The summed E-state index contributed by atoms with van der Waals surface area (Å²) >= 11 is 1.27. The summed E-state index contributed by atoms with van der Waals surface area (Å²) in [5.41, 5.74) is 0. The van der Waals surface area contributed by atoms with E-state index in [-0.39, 0.29) is 47.8 Å². The number of imide groups is 1. The first kappa shape index (κ1) is 18.2. The molecule has 9 heteroatoms. The number of hydrogen-bond donors (Lipinski definition) is 1. The Balaban J connectivity index is 1.43. The first-order valence-corrected chi connectivity index (χ1v) is 10.5. The molecule has 2 aromatic heterocycles. The SMILES string of the molecule is Cc1ccc(C(CC(=O)Nc2nnc(C)s2)N2C(=O)C3C4C=CC(C4)C3C2=O)o1. The summed E-state index contributed by atoms with van der Waals surface area (Å²) in [6, 6.07) is 2.72. The molecule has 5 atom stereocenters. The largest absolute Gasteiger partial charge is 0.464 e. The second-order valence-electron chi connectivity index (χ2n) is 7.89. The fourth-order valence-electron chi connectivity index (χ4n) is 4.88. The first-order valence-electron chi connectivity index (χ1n) is 9.64. The Kier molecular flexibility index (Phi) is 4.16. The van der Waals surface area contributed by atoms with Gasteiger partial charge in [-0.05, 0) is 44.2 Å². The molecule has 3 amide bonds. The van der Waals surface area contributed by atoms with Crippen LogP contribution >= 0.6 is 11.3 Å². The predicted molar refractivity (Wildman–Crippen MR) is 104 cm³/mol. The normalized spacial score (nSPS) is 28.3. The molecule has 0 radical (unpaired) electrons. The number of nitrogens with zero attached hydrogens (tertiary/aromatic N) is 3. The summed E-state index contributed by atoms with van der Waals surface area (Å²) in [5, 5.41) is 11.6. The molecule has 1 saturated carbocycles. The van der Waals surface area contributed by atoms with Gasteiger partial charge in [-0.25, -0.2) is 0 Å². The fraction of sp³-hybridized carbons (Fsp3) is 0.450. The van der Waals surface area contributed by atoms with E-state index in [2.05, 4.69) is 27.7 Å². The molecule has 0 spiro atoms. The van der Waals surface area contributed by atoms with Crippen molar-refractivity contribution in [1.82, 2.24) is 15.1 Å². The number of carbonyl (C=O) groups excluding carboxylic acids is 3. The van der Waals surface area contributed by atoms with Crippen molar-refractivity contribution < 1.29 is 18.8 Å². The third-order valence-corrected chi connectivity index (χ3v) is 6.81. The van der Waals surface area contributed by atoms with Gasteiger partial charge in [-0.2, -0.15) is 0 Å². The molecule has 5 rings (SSSR count). The van der Waals surface area contributed by atoms with Gasteiger partial charge in [-0.15, -0.1) is 10.2 Å². The van der Waals surface area contributed by atoms with Gasteiger partial charge in [0.1, 0.15) is 22.6 Å². The van der Waals surface area contributed by atoms with Gasteiger partial charge in [0.05, 0.1) is 18.3 Å². The number of aryl methyl sites for hydroxylation is 2. The van der Waals surface area contributed by atoms with Crippen LogP contribution in [0.25, 0.3) is 0 Å². The Morgan fingerprint density at radius 2 is 1.90 bits per heavy atom. The predicted octanol–water partition coefficient (Wildman–Crippen LogP) is 2.62. The number of carbonyl (C=O) groups is 3. The van der Waals surface area contributed by atoms with Crippen LogP contribution in [0.5, 0.6) is 0 Å². The van der Waals surface area contributed by atoms with E-state index in [1.54, 1.807) is 26.0 Å². The van der Waals surface area contributed by atoms with Crippen molar-refractivity contribution in [3.63, 3.8) is 0 Å². The summed E-state index contributed by atoms with van der Waals surface area (Å²) in [6.45, 7) is 3.58. The van der Waals surface area contributed by atoms with Crippen molar-refractivity contribution in [2.45, 2.75) is 32.7 Å². The lowest BCUT2D eigenvalue weighted by atomic mass is 9.85. The van der Waals surface area contributed by atoms with Gasteiger partial charge >= 0.3 is 0 Å². The van der Waals surface area contributed by atoms with Gasteiger partial charge in [-0.1, -0.05) is 23.5 Å². The third-order valence-electron chi connectivity index (χ3n) is 6.06. The maximum atomic E-state index is 13.2. The smallest absolute Gasteiger partial charge is 0.234 e. The van der Waals surface area contributed by atoms with E-state index >= 15 is 0 Å². The van der Waals surface area contributed by atoms with E-state index in [0.29, 0.717) is 16.7 Å². The number of fused-ring (bicyclic) bond motifs is 5. The maximum Gasteiger partial charge on any atom is 0.234 e. The van der Waals surface area contributed by atoms with Gasteiger partial charge in [0.2, 0.25) is 22.9 Å². The highest BCUT2D eigenvalue weighted by Crippen LogP contribution is 2.54. The Morgan fingerprint density at radius 3 is 2.45 bits per heavy atom. The Bertz CT molecular complexity index is 1010. The van der Waals surface area contributed by atoms with Crippen molar-refractivity contribution in [3.05, 3.63) is 40.8 Å². The number of nitrogens with one attached hydrogen (secondary N) is 1. The number of amides is 3. The molecule has 0 aromatic carbocycles. The number of likely N-dealkylation sites (tertiary alicyclic amines) is 1. The number of furan rings is 1. The molecule has 150 valence electrons. The zero-order chi connectivity index (χ0) is 20.3. The maximum absolute atomic E-state index is 13.2. The molecule has 2 fully saturated rings. The third kappa shape index (κ3) is 2.91. The molecule has 1 N–H and O–H groups in total. The van der Waals surface area contributed by atoms with E-state index in [4.69, 9.17) is 4.42 Å². The average molecular weight is 412 g/mol. The lowest BCUT2D eigenvalue weighted by molar-refractivity contribution is -0.144. The Labute approximate surface area is 171 Å². The topological polar surface area (TPSA) is 105 Å². The van der Waals surface area contributed by atoms with Crippen LogP contribution in [0.1, 0.15) is 35.4 Å². The van der Waals surface area contributed by atoms with Crippen molar-refractivity contribution in [1.29, 1.82) is 0 Å². The minimum atomic E-state index is -0.775. The minimum Gasteiger partial charge on any atom is -0.464 e. The Morgan fingerprint density at radius 1 is 1.21 bits per heavy atom. The molecule has 2 bridgehead atoms. The van der Waals surface area contributed by atoms with Crippen LogP contribution < -0.4 is 5.32 Å². The molecular weight excluding hydrogens is 392 g/mol. The van der Waals surface area contributed by atoms with E-state index in [0.717, 1.165) is 11.4 Å². The van der Waals surface area contributed by atoms with Crippen LogP contribution in [-0.2, 0) is 14.4 Å². The second kappa shape index (κ2) is 6.62. The van der Waals surface area contributed by atoms with Crippen LogP contribution in [0.2, 0.25) is 0 Å². The summed E-state index contributed by atoms with van der Waals surface area (Å²) in [4.78, 5) is 40.4. The number of allylic oxidation sites excluding steroid dienone is 2. The molecule has 5 unspecified atom stereocenters. The van der Waals surface area contributed by atoms with E-state index in [1.165, 1.54) is 16.2 Å². The molecule has 1 aliphatic heterocycles. The van der Waals surface area contributed by atoms with Crippen molar-refractivity contribution >= 4 is 34.2 Å². The zero-order valence-corrected chi connectivity index (χ0v) is 16.8.